The second kappa shape index (κ2) is 6.50. The third kappa shape index (κ3) is 3.84. The van der Waals surface area contributed by atoms with Crippen LogP contribution in [0.1, 0.15) is 16.3 Å². The van der Waals surface area contributed by atoms with Crippen LogP contribution in [0.5, 0.6) is 0 Å². The fourth-order valence-electron chi connectivity index (χ4n) is 2.22. The molecule has 0 aromatic carbocycles. The van der Waals surface area contributed by atoms with E-state index in [4.69, 9.17) is 0 Å². The number of aromatic nitrogens is 2. The SMILES string of the molecule is Cc1nc(C(=O)N(CC(=O)N(C)C)CC(F)(F)F)c2ccccn12. The lowest BCUT2D eigenvalue weighted by Gasteiger charge is -2.24. The van der Waals surface area contributed by atoms with Gasteiger partial charge in [-0.3, -0.25) is 9.59 Å². The van der Waals surface area contributed by atoms with Crippen molar-refractivity contribution in [1.29, 1.82) is 0 Å². The Kier molecular flexibility index (Phi) is 4.81. The van der Waals surface area contributed by atoms with Gasteiger partial charge in [-0.15, -0.1) is 0 Å². The predicted molar refractivity (Wildman–Crippen MR) is 80.6 cm³/mol. The van der Waals surface area contributed by atoms with E-state index in [0.29, 0.717) is 16.2 Å². The number of carbonyl (C=O) groups excluding carboxylic acids is 2. The van der Waals surface area contributed by atoms with Gasteiger partial charge in [0.2, 0.25) is 5.91 Å². The number of imidazole rings is 1. The lowest BCUT2D eigenvalue weighted by molar-refractivity contribution is -0.146. The van der Waals surface area contributed by atoms with Gasteiger partial charge in [0.15, 0.2) is 5.69 Å². The maximum atomic E-state index is 12.8. The van der Waals surface area contributed by atoms with Crippen molar-refractivity contribution in [2.75, 3.05) is 27.2 Å². The Morgan fingerprint density at radius 1 is 1.25 bits per heavy atom. The predicted octanol–water partition coefficient (Wildman–Crippen LogP) is 1.74. The minimum atomic E-state index is -4.62. The van der Waals surface area contributed by atoms with Crippen molar-refractivity contribution in [3.05, 3.63) is 35.9 Å². The molecule has 2 heterocycles. The molecule has 130 valence electrons. The van der Waals surface area contributed by atoms with Crippen LogP contribution in [0.15, 0.2) is 24.4 Å². The lowest BCUT2D eigenvalue weighted by Crippen LogP contribution is -2.45. The van der Waals surface area contributed by atoms with Crippen molar-refractivity contribution < 1.29 is 22.8 Å². The van der Waals surface area contributed by atoms with Crippen LogP contribution in [0.25, 0.3) is 5.52 Å². The van der Waals surface area contributed by atoms with Gasteiger partial charge >= 0.3 is 6.18 Å². The zero-order valence-electron chi connectivity index (χ0n) is 13.5. The van der Waals surface area contributed by atoms with Gasteiger partial charge in [-0.25, -0.2) is 4.98 Å². The van der Waals surface area contributed by atoms with Crippen molar-refractivity contribution in [2.24, 2.45) is 0 Å². The van der Waals surface area contributed by atoms with Crippen molar-refractivity contribution in [2.45, 2.75) is 13.1 Å². The molecule has 0 aliphatic heterocycles. The molecule has 2 aromatic rings. The summed E-state index contributed by atoms with van der Waals surface area (Å²) in [6.45, 7) is -0.546. The summed E-state index contributed by atoms with van der Waals surface area (Å²) in [4.78, 5) is 30.0. The Morgan fingerprint density at radius 3 is 2.50 bits per heavy atom. The van der Waals surface area contributed by atoms with Gasteiger partial charge < -0.3 is 14.2 Å². The number of hydrogen-bond acceptors (Lipinski definition) is 3. The van der Waals surface area contributed by atoms with Crippen molar-refractivity contribution in [3.8, 4) is 0 Å². The van der Waals surface area contributed by atoms with Crippen LogP contribution in [-0.4, -0.2) is 64.4 Å². The maximum Gasteiger partial charge on any atom is 0.406 e. The molecule has 0 saturated carbocycles. The number of carbonyl (C=O) groups is 2. The van der Waals surface area contributed by atoms with E-state index in [-0.39, 0.29) is 5.69 Å². The topological polar surface area (TPSA) is 57.9 Å². The summed E-state index contributed by atoms with van der Waals surface area (Å²) >= 11 is 0. The van der Waals surface area contributed by atoms with Gasteiger partial charge in [0.05, 0.1) is 5.52 Å². The lowest BCUT2D eigenvalue weighted by atomic mass is 10.3. The van der Waals surface area contributed by atoms with Crippen LogP contribution in [0.3, 0.4) is 0 Å². The average molecular weight is 342 g/mol. The van der Waals surface area contributed by atoms with Crippen LogP contribution < -0.4 is 0 Å². The molecule has 9 heteroatoms. The minimum Gasteiger partial charge on any atom is -0.347 e. The molecule has 0 aliphatic carbocycles. The summed E-state index contributed by atoms with van der Waals surface area (Å²) in [7, 11) is 2.82. The Labute approximate surface area is 136 Å². The minimum absolute atomic E-state index is 0.107. The van der Waals surface area contributed by atoms with Gasteiger partial charge in [-0.05, 0) is 19.1 Å². The number of rotatable bonds is 4. The summed E-state index contributed by atoms with van der Waals surface area (Å²) < 4.78 is 40.0. The van der Waals surface area contributed by atoms with Gasteiger partial charge in [0.25, 0.3) is 5.91 Å². The molecule has 0 atom stereocenters. The standard InChI is InChI=1S/C15H17F3N4O2/c1-10-19-13(11-6-4-5-7-22(10)11)14(24)21(9-15(16,17)18)8-12(23)20(2)3/h4-7H,8-9H2,1-3H3. The first kappa shape index (κ1) is 17.8. The van der Waals surface area contributed by atoms with Gasteiger partial charge in [-0.2, -0.15) is 13.2 Å². The number of alkyl halides is 3. The summed E-state index contributed by atoms with van der Waals surface area (Å²) in [6, 6.07) is 4.97. The Balaban J connectivity index is 2.40. The zero-order chi connectivity index (χ0) is 18.1. The summed E-state index contributed by atoms with van der Waals surface area (Å²) in [5.41, 5.74) is 0.286. The van der Waals surface area contributed by atoms with Crippen molar-refractivity contribution in [1.82, 2.24) is 19.2 Å². The molecule has 0 spiro atoms. The van der Waals surface area contributed by atoms with Crippen LogP contribution in [-0.2, 0) is 4.79 Å². The van der Waals surface area contributed by atoms with E-state index in [2.05, 4.69) is 4.98 Å². The van der Waals surface area contributed by atoms with Gasteiger partial charge in [0.1, 0.15) is 18.9 Å². The number of nitrogens with zero attached hydrogens (tertiary/aromatic N) is 4. The summed E-state index contributed by atoms with van der Waals surface area (Å²) in [5.74, 6) is -1.06. The molecule has 0 aliphatic rings. The molecule has 0 unspecified atom stereocenters. The molecule has 2 aromatic heterocycles. The number of halogens is 3. The number of amides is 2. The van der Waals surface area contributed by atoms with E-state index in [9.17, 15) is 22.8 Å². The first-order valence-corrected chi connectivity index (χ1v) is 7.10. The Hall–Kier alpha value is -2.58. The monoisotopic (exact) mass is 342 g/mol. The zero-order valence-corrected chi connectivity index (χ0v) is 13.5. The summed E-state index contributed by atoms with van der Waals surface area (Å²) in [6.07, 6.45) is -2.96. The van der Waals surface area contributed by atoms with Gasteiger partial charge in [-0.1, -0.05) is 6.07 Å². The third-order valence-corrected chi connectivity index (χ3v) is 3.41. The van der Waals surface area contributed by atoms with E-state index in [1.807, 2.05) is 0 Å². The van der Waals surface area contributed by atoms with Crippen LogP contribution >= 0.6 is 0 Å². The Bertz CT molecular complexity index is 768. The average Bonchev–Trinajstić information content (AvgIpc) is 2.82. The van der Waals surface area contributed by atoms with E-state index in [1.54, 1.807) is 35.7 Å². The highest BCUT2D eigenvalue weighted by Crippen LogP contribution is 2.20. The summed E-state index contributed by atoms with van der Waals surface area (Å²) in [5, 5.41) is 0. The number of fused-ring (bicyclic) bond motifs is 1. The molecule has 24 heavy (non-hydrogen) atoms. The first-order chi connectivity index (χ1) is 11.1. The second-order valence-electron chi connectivity index (χ2n) is 5.53. The fourth-order valence-corrected chi connectivity index (χ4v) is 2.22. The van der Waals surface area contributed by atoms with E-state index >= 15 is 0 Å². The van der Waals surface area contributed by atoms with E-state index in [1.165, 1.54) is 14.1 Å². The molecule has 6 nitrogen and oxygen atoms in total. The smallest absolute Gasteiger partial charge is 0.347 e. The largest absolute Gasteiger partial charge is 0.406 e. The molecule has 2 rings (SSSR count). The number of hydrogen-bond donors (Lipinski definition) is 0. The fraction of sp³-hybridized carbons (Fsp3) is 0.400. The molecular weight excluding hydrogens is 325 g/mol. The van der Waals surface area contributed by atoms with Crippen molar-refractivity contribution in [3.63, 3.8) is 0 Å². The maximum absolute atomic E-state index is 12.8. The van der Waals surface area contributed by atoms with Gasteiger partial charge in [0, 0.05) is 20.3 Å². The van der Waals surface area contributed by atoms with Crippen LogP contribution in [0.4, 0.5) is 13.2 Å². The molecule has 0 bridgehead atoms. The third-order valence-electron chi connectivity index (χ3n) is 3.41. The number of likely N-dealkylation sites (N-methyl/N-ethyl adjacent to an activating group) is 1. The molecule has 0 fully saturated rings. The van der Waals surface area contributed by atoms with Crippen LogP contribution in [0, 0.1) is 6.92 Å². The Morgan fingerprint density at radius 2 is 1.92 bits per heavy atom. The first-order valence-electron chi connectivity index (χ1n) is 7.10. The van der Waals surface area contributed by atoms with E-state index < -0.39 is 31.1 Å². The highest BCUT2D eigenvalue weighted by molar-refractivity contribution is 6.00. The molecule has 0 radical (unpaired) electrons. The molecule has 0 saturated heterocycles. The molecular formula is C15H17F3N4O2. The number of pyridine rings is 1. The highest BCUT2D eigenvalue weighted by atomic mass is 19.4. The quantitative estimate of drug-likeness (QED) is 0.850. The normalized spacial score (nSPS) is 11.6. The highest BCUT2D eigenvalue weighted by Gasteiger charge is 2.35. The number of aryl methyl sites for hydroxylation is 1. The van der Waals surface area contributed by atoms with E-state index in [0.717, 1.165) is 4.90 Å². The molecule has 2 amide bonds. The molecule has 0 N–H and O–H groups in total. The second-order valence-corrected chi connectivity index (χ2v) is 5.53. The van der Waals surface area contributed by atoms with Crippen molar-refractivity contribution >= 4 is 17.3 Å². The van der Waals surface area contributed by atoms with Crippen LogP contribution in [0.2, 0.25) is 0 Å².